The molecule has 1 aromatic carbocycles. The van der Waals surface area contributed by atoms with Crippen molar-refractivity contribution < 1.29 is 19.8 Å². The Morgan fingerprint density at radius 1 is 1.06 bits per heavy atom. The lowest BCUT2D eigenvalue weighted by molar-refractivity contribution is -0.153. The molecule has 2 atom stereocenters. The summed E-state index contributed by atoms with van der Waals surface area (Å²) in [6, 6.07) is 9.63. The fraction of sp³-hybridized carbons (Fsp3) is 0.417. The van der Waals surface area contributed by atoms with Gasteiger partial charge in [0.05, 0.1) is 10.2 Å². The third-order valence-electron chi connectivity index (χ3n) is 6.68. The molecule has 10 heteroatoms. The Labute approximate surface area is 201 Å². The molecule has 9 nitrogen and oxygen atoms in total. The summed E-state index contributed by atoms with van der Waals surface area (Å²) >= 11 is 1.63. The minimum Gasteiger partial charge on any atom is -0.380 e. The van der Waals surface area contributed by atoms with E-state index in [1.807, 2.05) is 35.7 Å². The molecule has 0 bridgehead atoms. The van der Waals surface area contributed by atoms with E-state index < -0.39 is 24.0 Å². The molecule has 3 aromatic rings. The van der Waals surface area contributed by atoms with Crippen LogP contribution in [0.1, 0.15) is 24.0 Å². The lowest BCUT2D eigenvalue weighted by Crippen LogP contribution is -2.50. The maximum absolute atomic E-state index is 12.6. The number of amides is 2. The number of thiophene rings is 1. The highest BCUT2D eigenvalue weighted by Gasteiger charge is 2.35. The van der Waals surface area contributed by atoms with Gasteiger partial charge in [0.25, 0.3) is 11.8 Å². The van der Waals surface area contributed by atoms with Crippen LogP contribution in [-0.4, -0.2) is 68.7 Å². The highest BCUT2D eigenvalue weighted by molar-refractivity contribution is 7.17. The molecule has 0 radical (unpaired) electrons. The first kappa shape index (κ1) is 22.7. The molecule has 2 aliphatic heterocycles. The van der Waals surface area contributed by atoms with Crippen molar-refractivity contribution in [2.45, 2.75) is 38.1 Å². The van der Waals surface area contributed by atoms with Crippen LogP contribution in [0.15, 0.2) is 42.0 Å². The number of anilines is 1. The number of rotatable bonds is 6. The van der Waals surface area contributed by atoms with Gasteiger partial charge in [0.1, 0.15) is 12.1 Å². The van der Waals surface area contributed by atoms with Crippen molar-refractivity contribution in [3.8, 4) is 0 Å². The predicted octanol–water partition coefficient (Wildman–Crippen LogP) is 1.29. The smallest absolute Gasteiger partial charge is 0.255 e. The van der Waals surface area contributed by atoms with Crippen molar-refractivity contribution in [2.24, 2.45) is 5.92 Å². The number of carbonyl (C=O) groups excluding carboxylic acids is 2. The Balaban J connectivity index is 1.09. The van der Waals surface area contributed by atoms with Gasteiger partial charge in [0.2, 0.25) is 0 Å². The molecule has 178 valence electrons. The number of nitrogens with zero attached hydrogens (tertiary/aromatic N) is 4. The molecule has 1 fully saturated rings. The second kappa shape index (κ2) is 9.65. The largest absolute Gasteiger partial charge is 0.380 e. The van der Waals surface area contributed by atoms with Crippen LogP contribution in [0.4, 0.5) is 5.82 Å². The molecule has 0 spiro atoms. The van der Waals surface area contributed by atoms with E-state index in [0.717, 1.165) is 53.1 Å². The second-order valence-electron chi connectivity index (χ2n) is 8.86. The van der Waals surface area contributed by atoms with Gasteiger partial charge in [-0.3, -0.25) is 9.59 Å². The van der Waals surface area contributed by atoms with Crippen molar-refractivity contribution in [3.05, 3.63) is 53.2 Å². The number of nitrogens with one attached hydrogen (secondary N) is 1. The monoisotopic (exact) mass is 481 g/mol. The van der Waals surface area contributed by atoms with Crippen molar-refractivity contribution in [3.63, 3.8) is 0 Å². The summed E-state index contributed by atoms with van der Waals surface area (Å²) in [5.41, 5.74) is 2.97. The van der Waals surface area contributed by atoms with Crippen molar-refractivity contribution in [1.82, 2.24) is 20.2 Å². The summed E-state index contributed by atoms with van der Waals surface area (Å²) in [7, 11) is 0. The Morgan fingerprint density at radius 3 is 2.47 bits per heavy atom. The van der Waals surface area contributed by atoms with Gasteiger partial charge in [-0.1, -0.05) is 24.3 Å². The van der Waals surface area contributed by atoms with Gasteiger partial charge in [-0.15, -0.1) is 11.3 Å². The quantitative estimate of drug-likeness (QED) is 0.485. The Hall–Kier alpha value is -3.08. The standard InChI is InChI=1S/C24H27N5O4S/c30-19(20(31)24(33)29-12-16-3-1-2-4-17(16)13-29)23(32)25-11-15-5-8-28(9-6-15)22-21-18(7-10-34-21)26-14-27-22/h1-4,7,10,14-15,19-20,30-31H,5-6,8-9,11-13H2,(H,25,32). The maximum Gasteiger partial charge on any atom is 0.255 e. The molecule has 34 heavy (non-hydrogen) atoms. The van der Waals surface area contributed by atoms with Crippen molar-refractivity contribution in [2.75, 3.05) is 24.5 Å². The van der Waals surface area contributed by atoms with Gasteiger partial charge in [-0.2, -0.15) is 0 Å². The average Bonchev–Trinajstić information content (AvgIpc) is 3.53. The maximum atomic E-state index is 12.6. The number of aliphatic hydroxyl groups is 2. The highest BCUT2D eigenvalue weighted by atomic mass is 32.1. The fourth-order valence-electron chi connectivity index (χ4n) is 4.65. The van der Waals surface area contributed by atoms with Gasteiger partial charge < -0.3 is 25.3 Å². The molecule has 0 aliphatic carbocycles. The predicted molar refractivity (Wildman–Crippen MR) is 128 cm³/mol. The summed E-state index contributed by atoms with van der Waals surface area (Å²) in [4.78, 5) is 37.5. The first-order valence-electron chi connectivity index (χ1n) is 11.4. The van der Waals surface area contributed by atoms with Crippen LogP contribution in [0.25, 0.3) is 10.2 Å². The van der Waals surface area contributed by atoms with Gasteiger partial charge in [0, 0.05) is 32.7 Å². The second-order valence-corrected chi connectivity index (χ2v) is 9.78. The molecule has 2 aliphatic rings. The highest BCUT2D eigenvalue weighted by Crippen LogP contribution is 2.30. The van der Waals surface area contributed by atoms with Crippen molar-refractivity contribution in [1.29, 1.82) is 0 Å². The molecule has 0 saturated carbocycles. The molecule has 3 N–H and O–H groups in total. The van der Waals surface area contributed by atoms with E-state index >= 15 is 0 Å². The van der Waals surface area contributed by atoms with E-state index in [1.54, 1.807) is 17.7 Å². The van der Waals surface area contributed by atoms with Gasteiger partial charge in [-0.05, 0) is 41.3 Å². The molecule has 4 heterocycles. The van der Waals surface area contributed by atoms with Crippen LogP contribution in [0, 0.1) is 5.92 Å². The summed E-state index contributed by atoms with van der Waals surface area (Å²) in [6.07, 6.45) is -0.279. The Bertz CT molecular complexity index is 1170. The van der Waals surface area contributed by atoms with Crippen LogP contribution < -0.4 is 10.2 Å². The normalized spacial score (nSPS) is 18.1. The summed E-state index contributed by atoms with van der Waals surface area (Å²) in [6.45, 7) is 2.73. The number of benzene rings is 1. The van der Waals surface area contributed by atoms with Gasteiger partial charge in [0.15, 0.2) is 12.2 Å². The van der Waals surface area contributed by atoms with Gasteiger partial charge in [-0.25, -0.2) is 9.97 Å². The summed E-state index contributed by atoms with van der Waals surface area (Å²) < 4.78 is 1.08. The molecule has 2 unspecified atom stereocenters. The summed E-state index contributed by atoms with van der Waals surface area (Å²) in [5.74, 6) is -0.175. The van der Waals surface area contributed by atoms with E-state index in [0.29, 0.717) is 19.6 Å². The number of aliphatic hydroxyl groups excluding tert-OH is 2. The number of carbonyl (C=O) groups is 2. The topological polar surface area (TPSA) is 119 Å². The SMILES string of the molecule is O=C(NCC1CCN(c2ncnc3ccsc23)CC1)C(O)C(O)C(=O)N1Cc2ccccc2C1. The van der Waals surface area contributed by atoms with E-state index in [9.17, 15) is 19.8 Å². The molecule has 2 amide bonds. The minimum atomic E-state index is -1.80. The fourth-order valence-corrected chi connectivity index (χ4v) is 5.52. The number of hydrogen-bond donors (Lipinski definition) is 3. The van der Waals surface area contributed by atoms with Crippen LogP contribution in [0.2, 0.25) is 0 Å². The molecule has 1 saturated heterocycles. The van der Waals surface area contributed by atoms with Crippen LogP contribution in [-0.2, 0) is 22.7 Å². The van der Waals surface area contributed by atoms with Crippen LogP contribution in [0.5, 0.6) is 0 Å². The van der Waals surface area contributed by atoms with Crippen molar-refractivity contribution >= 4 is 39.2 Å². The van der Waals surface area contributed by atoms with E-state index in [1.165, 1.54) is 4.90 Å². The third kappa shape index (κ3) is 4.48. The molecular weight excluding hydrogens is 454 g/mol. The third-order valence-corrected chi connectivity index (χ3v) is 7.58. The zero-order chi connectivity index (χ0) is 23.7. The average molecular weight is 482 g/mol. The lowest BCUT2D eigenvalue weighted by atomic mass is 9.96. The van der Waals surface area contributed by atoms with E-state index in [4.69, 9.17) is 0 Å². The summed E-state index contributed by atoms with van der Waals surface area (Å²) in [5, 5.41) is 25.4. The zero-order valence-electron chi connectivity index (χ0n) is 18.6. The van der Waals surface area contributed by atoms with Crippen LogP contribution in [0.3, 0.4) is 0 Å². The van der Waals surface area contributed by atoms with E-state index in [2.05, 4.69) is 20.2 Å². The molecular formula is C24H27N5O4S. The van der Waals surface area contributed by atoms with Gasteiger partial charge >= 0.3 is 0 Å². The van der Waals surface area contributed by atoms with E-state index in [-0.39, 0.29) is 5.92 Å². The zero-order valence-corrected chi connectivity index (χ0v) is 19.4. The minimum absolute atomic E-state index is 0.244. The number of fused-ring (bicyclic) bond motifs is 2. The number of hydrogen-bond acceptors (Lipinski definition) is 8. The first-order chi connectivity index (χ1) is 16.5. The Morgan fingerprint density at radius 2 is 1.76 bits per heavy atom. The Kier molecular flexibility index (Phi) is 6.44. The molecule has 2 aromatic heterocycles. The lowest BCUT2D eigenvalue weighted by Gasteiger charge is -2.33. The number of aromatic nitrogens is 2. The number of piperidine rings is 1. The first-order valence-corrected chi connectivity index (χ1v) is 12.3. The van der Waals surface area contributed by atoms with Crippen LogP contribution >= 0.6 is 11.3 Å². The molecule has 5 rings (SSSR count).